The number of sulfonamides is 1. The van der Waals surface area contributed by atoms with Crippen molar-refractivity contribution >= 4 is 33.2 Å². The number of aliphatic carboxylic acids is 1. The Morgan fingerprint density at radius 2 is 2.19 bits per heavy atom. The van der Waals surface area contributed by atoms with Crippen LogP contribution in [0.5, 0.6) is 0 Å². The fourth-order valence-electron chi connectivity index (χ4n) is 1.69. The molecule has 0 amide bonds. The van der Waals surface area contributed by atoms with Gasteiger partial charge in [0.25, 0.3) is 0 Å². The fourth-order valence-corrected chi connectivity index (χ4v) is 2.97. The molecule has 0 aliphatic carbocycles. The minimum atomic E-state index is -3.83. The van der Waals surface area contributed by atoms with E-state index in [-0.39, 0.29) is 17.9 Å². The number of rotatable bonds is 5. The molecule has 8 nitrogen and oxygen atoms in total. The second kappa shape index (κ2) is 5.58. The number of halogens is 1. The van der Waals surface area contributed by atoms with Crippen LogP contribution in [-0.2, 0) is 14.8 Å². The van der Waals surface area contributed by atoms with E-state index in [1.807, 2.05) is 0 Å². The predicted molar refractivity (Wildman–Crippen MR) is 74.8 cm³/mol. The molecule has 1 N–H and O–H groups in total. The fraction of sp³-hybridized carbons (Fsp3) is 0.364. The largest absolute Gasteiger partial charge is 0.481 e. The second-order valence-corrected chi connectivity index (χ2v) is 6.85. The lowest BCUT2D eigenvalue weighted by Crippen LogP contribution is -2.29. The zero-order valence-corrected chi connectivity index (χ0v) is 12.9. The number of aryl methyl sites for hydroxylation is 1. The van der Waals surface area contributed by atoms with Gasteiger partial charge in [0.1, 0.15) is 9.92 Å². The van der Waals surface area contributed by atoms with Crippen LogP contribution in [-0.4, -0.2) is 52.0 Å². The Balaban J connectivity index is 2.38. The summed E-state index contributed by atoms with van der Waals surface area (Å²) in [4.78, 5) is 14.4. The van der Waals surface area contributed by atoms with Gasteiger partial charge in [-0.2, -0.15) is 5.10 Å². The molecular weight excluding hydrogens is 320 g/mol. The summed E-state index contributed by atoms with van der Waals surface area (Å²) in [7, 11) is -2.52. The average Bonchev–Trinajstić information content (AvgIpc) is 2.70. The lowest BCUT2D eigenvalue weighted by atomic mass is 10.4. The molecule has 0 spiro atoms. The summed E-state index contributed by atoms with van der Waals surface area (Å²) in [5.41, 5.74) is 0.902. The third kappa shape index (κ3) is 2.99. The third-order valence-electron chi connectivity index (χ3n) is 2.90. The van der Waals surface area contributed by atoms with Gasteiger partial charge in [-0.15, -0.1) is 0 Å². The molecule has 0 radical (unpaired) electrons. The number of carboxylic acid groups (broad SMARTS) is 1. The molecule has 0 fully saturated rings. The van der Waals surface area contributed by atoms with Crippen molar-refractivity contribution in [1.29, 1.82) is 0 Å². The van der Waals surface area contributed by atoms with Crippen LogP contribution in [0.15, 0.2) is 17.3 Å². The molecule has 2 heterocycles. The predicted octanol–water partition coefficient (Wildman–Crippen LogP) is 0.786. The molecule has 21 heavy (non-hydrogen) atoms. The Morgan fingerprint density at radius 1 is 1.52 bits per heavy atom. The number of hydrogen-bond acceptors (Lipinski definition) is 5. The highest BCUT2D eigenvalue weighted by atomic mass is 35.5. The maximum Gasteiger partial charge on any atom is 0.304 e. The Bertz CT molecular complexity index is 802. The Labute approximate surface area is 126 Å². The molecule has 114 valence electrons. The van der Waals surface area contributed by atoms with Gasteiger partial charge < -0.3 is 5.11 Å². The number of carbonyl (C=O) groups is 1. The van der Waals surface area contributed by atoms with Gasteiger partial charge in [-0.1, -0.05) is 11.6 Å². The van der Waals surface area contributed by atoms with Crippen molar-refractivity contribution in [2.75, 3.05) is 13.6 Å². The quantitative estimate of drug-likeness (QED) is 0.867. The smallest absolute Gasteiger partial charge is 0.304 e. The molecule has 2 rings (SSSR count). The number of aromatic nitrogens is 3. The van der Waals surface area contributed by atoms with Crippen molar-refractivity contribution in [3.05, 3.63) is 23.1 Å². The van der Waals surface area contributed by atoms with Crippen molar-refractivity contribution in [3.63, 3.8) is 0 Å². The van der Waals surface area contributed by atoms with Crippen LogP contribution in [0.2, 0.25) is 5.02 Å². The Morgan fingerprint density at radius 3 is 2.81 bits per heavy atom. The van der Waals surface area contributed by atoms with Crippen molar-refractivity contribution in [2.24, 2.45) is 0 Å². The van der Waals surface area contributed by atoms with E-state index in [1.165, 1.54) is 24.0 Å². The Kier molecular flexibility index (Phi) is 4.17. The van der Waals surface area contributed by atoms with Gasteiger partial charge in [-0.25, -0.2) is 22.2 Å². The molecule has 0 aromatic carbocycles. The lowest BCUT2D eigenvalue weighted by molar-refractivity contribution is -0.137. The van der Waals surface area contributed by atoms with E-state index >= 15 is 0 Å². The van der Waals surface area contributed by atoms with Gasteiger partial charge in [0.15, 0.2) is 5.65 Å². The van der Waals surface area contributed by atoms with Crippen LogP contribution in [0.25, 0.3) is 5.65 Å². The molecule has 2 aromatic heterocycles. The summed E-state index contributed by atoms with van der Waals surface area (Å²) >= 11 is 5.98. The molecular formula is C11H13ClN4O4S. The summed E-state index contributed by atoms with van der Waals surface area (Å²) in [5, 5.41) is 13.0. The zero-order valence-electron chi connectivity index (χ0n) is 11.3. The van der Waals surface area contributed by atoms with Gasteiger partial charge in [-0.3, -0.25) is 4.79 Å². The highest BCUT2D eigenvalue weighted by Gasteiger charge is 2.23. The topological polar surface area (TPSA) is 105 Å². The van der Waals surface area contributed by atoms with E-state index in [0.717, 1.165) is 4.31 Å². The van der Waals surface area contributed by atoms with Crippen LogP contribution in [0.1, 0.15) is 12.1 Å². The number of fused-ring (bicyclic) bond motifs is 1. The summed E-state index contributed by atoms with van der Waals surface area (Å²) < 4.78 is 26.8. The minimum absolute atomic E-state index is 0.0814. The third-order valence-corrected chi connectivity index (χ3v) is 5.15. The first-order valence-electron chi connectivity index (χ1n) is 5.92. The maximum absolute atomic E-state index is 12.3. The van der Waals surface area contributed by atoms with Gasteiger partial charge in [0.05, 0.1) is 24.5 Å². The van der Waals surface area contributed by atoms with Crippen molar-refractivity contribution in [1.82, 2.24) is 18.9 Å². The van der Waals surface area contributed by atoms with E-state index in [2.05, 4.69) is 10.1 Å². The first kappa shape index (κ1) is 15.7. The van der Waals surface area contributed by atoms with E-state index < -0.39 is 16.0 Å². The van der Waals surface area contributed by atoms with E-state index in [9.17, 15) is 13.2 Å². The molecule has 10 heteroatoms. The monoisotopic (exact) mass is 332 g/mol. The summed E-state index contributed by atoms with van der Waals surface area (Å²) in [6, 6.07) is 0. The normalized spacial score (nSPS) is 12.2. The average molecular weight is 333 g/mol. The van der Waals surface area contributed by atoms with Crippen molar-refractivity contribution in [3.8, 4) is 0 Å². The second-order valence-electron chi connectivity index (χ2n) is 4.43. The molecule has 0 saturated carbocycles. The highest BCUT2D eigenvalue weighted by Crippen LogP contribution is 2.21. The zero-order chi connectivity index (χ0) is 15.8. The van der Waals surface area contributed by atoms with Gasteiger partial charge in [0.2, 0.25) is 10.0 Å². The Hall–Kier alpha value is -1.71. The van der Waals surface area contributed by atoms with Crippen molar-refractivity contribution in [2.45, 2.75) is 18.2 Å². The number of hydrogen-bond donors (Lipinski definition) is 1. The van der Waals surface area contributed by atoms with E-state index in [1.54, 1.807) is 6.92 Å². The molecule has 2 aromatic rings. The van der Waals surface area contributed by atoms with E-state index in [0.29, 0.717) is 16.4 Å². The first-order chi connectivity index (χ1) is 9.73. The lowest BCUT2D eigenvalue weighted by Gasteiger charge is -2.15. The molecule has 0 aliphatic rings. The van der Waals surface area contributed by atoms with Crippen molar-refractivity contribution < 1.29 is 18.3 Å². The van der Waals surface area contributed by atoms with Crippen LogP contribution < -0.4 is 0 Å². The molecule has 0 aliphatic heterocycles. The maximum atomic E-state index is 12.3. The summed E-state index contributed by atoms with van der Waals surface area (Å²) in [6.45, 7) is 1.55. The van der Waals surface area contributed by atoms with Crippen LogP contribution in [0.3, 0.4) is 0 Å². The van der Waals surface area contributed by atoms with Gasteiger partial charge in [-0.05, 0) is 6.92 Å². The SMILES string of the molecule is Cc1nn2cc(S(=O)(=O)N(C)CCC(=O)O)cnc2c1Cl. The summed E-state index contributed by atoms with van der Waals surface area (Å²) in [6.07, 6.45) is 2.20. The van der Waals surface area contributed by atoms with Crippen LogP contribution >= 0.6 is 11.6 Å². The van der Waals surface area contributed by atoms with Gasteiger partial charge in [0, 0.05) is 13.6 Å². The number of nitrogens with zero attached hydrogens (tertiary/aromatic N) is 4. The van der Waals surface area contributed by atoms with E-state index in [4.69, 9.17) is 16.7 Å². The summed E-state index contributed by atoms with van der Waals surface area (Å²) in [5.74, 6) is -1.07. The standard InChI is InChI=1S/C11H13ClN4O4S/c1-7-10(12)11-13-5-8(6-16(11)14-7)21(19,20)15(2)4-3-9(17)18/h5-6H,3-4H2,1-2H3,(H,17,18). The molecule has 0 unspecified atom stereocenters. The van der Waals surface area contributed by atoms with Crippen LogP contribution in [0, 0.1) is 6.92 Å². The van der Waals surface area contributed by atoms with Gasteiger partial charge >= 0.3 is 5.97 Å². The molecule has 0 atom stereocenters. The minimum Gasteiger partial charge on any atom is -0.481 e. The number of carboxylic acids is 1. The molecule has 0 saturated heterocycles. The highest BCUT2D eigenvalue weighted by molar-refractivity contribution is 7.89. The molecule has 0 bridgehead atoms. The first-order valence-corrected chi connectivity index (χ1v) is 7.74. The van der Waals surface area contributed by atoms with Crippen LogP contribution in [0.4, 0.5) is 0 Å².